The van der Waals surface area contributed by atoms with Gasteiger partial charge in [-0.15, -0.1) is 21.5 Å². The number of nitrogens with one attached hydrogen (secondary N) is 1. The molecule has 0 unspecified atom stereocenters. The minimum Gasteiger partial charge on any atom is -0.485 e. The Balaban J connectivity index is 1.36. The van der Waals surface area contributed by atoms with Crippen molar-refractivity contribution in [3.05, 3.63) is 51.2 Å². The molecule has 2 aromatic heterocycles. The summed E-state index contributed by atoms with van der Waals surface area (Å²) in [4.78, 5) is 26.0. The fraction of sp³-hybridized carbons (Fsp3) is 0.391. The molecule has 1 amide bonds. The van der Waals surface area contributed by atoms with Gasteiger partial charge in [0.2, 0.25) is 5.91 Å². The van der Waals surface area contributed by atoms with Crippen LogP contribution in [0.5, 0.6) is 5.75 Å². The van der Waals surface area contributed by atoms with Crippen molar-refractivity contribution in [1.29, 1.82) is 0 Å². The average Bonchev–Trinajstić information content (AvgIpc) is 3.48. The van der Waals surface area contributed by atoms with Gasteiger partial charge < -0.3 is 19.4 Å². The number of aromatic nitrogens is 3. The minimum atomic E-state index is -0.404. The van der Waals surface area contributed by atoms with Crippen LogP contribution in [0.2, 0.25) is 0 Å². The molecule has 0 spiro atoms. The number of amides is 1. The molecule has 1 aromatic carbocycles. The number of methoxy groups -OCH3 is 1. The third-order valence-electron chi connectivity index (χ3n) is 5.73. The van der Waals surface area contributed by atoms with Crippen LogP contribution < -0.4 is 10.1 Å². The highest BCUT2D eigenvalue weighted by atomic mass is 32.2. The van der Waals surface area contributed by atoms with Crippen molar-refractivity contribution in [1.82, 2.24) is 14.8 Å². The number of rotatable bonds is 8. The molecule has 0 bridgehead atoms. The van der Waals surface area contributed by atoms with Crippen molar-refractivity contribution >= 4 is 40.0 Å². The number of esters is 1. The summed E-state index contributed by atoms with van der Waals surface area (Å²) in [5.41, 5.74) is 3.77. The number of hydrogen-bond acceptors (Lipinski definition) is 8. The zero-order valence-electron chi connectivity index (χ0n) is 19.1. The Hall–Kier alpha value is -2.85. The van der Waals surface area contributed by atoms with Gasteiger partial charge in [0, 0.05) is 11.9 Å². The van der Waals surface area contributed by atoms with Gasteiger partial charge >= 0.3 is 5.97 Å². The highest BCUT2D eigenvalue weighted by molar-refractivity contribution is 7.99. The molecule has 33 heavy (non-hydrogen) atoms. The van der Waals surface area contributed by atoms with Gasteiger partial charge in [-0.3, -0.25) is 4.79 Å². The third kappa shape index (κ3) is 4.91. The van der Waals surface area contributed by atoms with Crippen molar-refractivity contribution < 1.29 is 19.1 Å². The summed E-state index contributed by atoms with van der Waals surface area (Å²) in [5, 5.41) is 12.5. The number of thioether (sulfide) groups is 1. The maximum absolute atomic E-state index is 12.6. The van der Waals surface area contributed by atoms with Gasteiger partial charge in [0.1, 0.15) is 17.4 Å². The number of carbonyl (C=O) groups excluding carboxylic acids is 2. The summed E-state index contributed by atoms with van der Waals surface area (Å²) < 4.78 is 12.7. The first-order valence-electron chi connectivity index (χ1n) is 10.6. The summed E-state index contributed by atoms with van der Waals surface area (Å²) in [6.45, 7) is 4.35. The molecule has 8 nitrogen and oxygen atoms in total. The maximum atomic E-state index is 12.6. The smallest absolute Gasteiger partial charge is 0.341 e. The third-order valence-corrected chi connectivity index (χ3v) is 7.96. The van der Waals surface area contributed by atoms with Crippen molar-refractivity contribution in [3.8, 4) is 5.75 Å². The van der Waals surface area contributed by atoms with Crippen LogP contribution >= 0.6 is 23.1 Å². The molecular formula is C23H26N4O4S2. The van der Waals surface area contributed by atoms with Crippen molar-refractivity contribution in [2.45, 2.75) is 44.9 Å². The van der Waals surface area contributed by atoms with Gasteiger partial charge in [-0.1, -0.05) is 23.9 Å². The first-order valence-corrected chi connectivity index (χ1v) is 12.4. The predicted molar refractivity (Wildman–Crippen MR) is 128 cm³/mol. The second-order valence-electron chi connectivity index (χ2n) is 7.83. The zero-order valence-corrected chi connectivity index (χ0v) is 20.7. The standard InChI is InChI=1S/C23H26N4O4S2/c1-13-7-5-9-16(14(13)2)31-11-18-25-26-23(27(18)3)32-12-19(28)24-21-20(22(29)30-4)15-8-6-10-17(15)33-21/h5,7,9H,6,8,10-12H2,1-4H3,(H,24,28). The Bertz CT molecular complexity index is 1200. The number of benzene rings is 1. The largest absolute Gasteiger partial charge is 0.485 e. The molecule has 2 heterocycles. The topological polar surface area (TPSA) is 95.3 Å². The average molecular weight is 487 g/mol. The van der Waals surface area contributed by atoms with Gasteiger partial charge in [0.25, 0.3) is 0 Å². The van der Waals surface area contributed by atoms with Crippen LogP contribution in [-0.2, 0) is 36.0 Å². The van der Waals surface area contributed by atoms with Crippen molar-refractivity contribution in [3.63, 3.8) is 0 Å². The van der Waals surface area contributed by atoms with Gasteiger partial charge in [-0.25, -0.2) is 4.79 Å². The molecule has 1 aliphatic rings. The van der Waals surface area contributed by atoms with Crippen LogP contribution in [0.15, 0.2) is 23.4 Å². The van der Waals surface area contributed by atoms with E-state index in [1.165, 1.54) is 35.8 Å². The summed E-state index contributed by atoms with van der Waals surface area (Å²) in [5.74, 6) is 1.02. The Morgan fingerprint density at radius 3 is 2.85 bits per heavy atom. The molecule has 0 saturated carbocycles. The molecule has 0 saturated heterocycles. The number of aryl methyl sites for hydroxylation is 2. The number of thiophene rings is 1. The van der Waals surface area contributed by atoms with E-state index in [4.69, 9.17) is 9.47 Å². The predicted octanol–water partition coefficient (Wildman–Crippen LogP) is 4.08. The van der Waals surface area contributed by atoms with E-state index in [1.807, 2.05) is 43.7 Å². The molecular weight excluding hydrogens is 460 g/mol. The Morgan fingerprint density at radius 2 is 2.06 bits per heavy atom. The van der Waals surface area contributed by atoms with E-state index < -0.39 is 5.97 Å². The minimum absolute atomic E-state index is 0.146. The van der Waals surface area contributed by atoms with Crippen LogP contribution in [0.1, 0.15) is 44.2 Å². The number of ether oxygens (including phenoxy) is 2. The highest BCUT2D eigenvalue weighted by Gasteiger charge is 2.28. The van der Waals surface area contributed by atoms with Crippen LogP contribution in [-0.4, -0.2) is 39.5 Å². The van der Waals surface area contributed by atoms with E-state index in [2.05, 4.69) is 15.5 Å². The van der Waals surface area contributed by atoms with E-state index >= 15 is 0 Å². The Labute approximate surface area is 200 Å². The Morgan fingerprint density at radius 1 is 1.24 bits per heavy atom. The van der Waals surface area contributed by atoms with E-state index in [0.29, 0.717) is 21.5 Å². The number of carbonyl (C=O) groups is 2. The van der Waals surface area contributed by atoms with Crippen LogP contribution in [0.4, 0.5) is 5.00 Å². The number of nitrogens with zero attached hydrogens (tertiary/aromatic N) is 3. The van der Waals surface area contributed by atoms with E-state index in [-0.39, 0.29) is 18.3 Å². The molecule has 0 fully saturated rings. The molecule has 1 N–H and O–H groups in total. The second-order valence-corrected chi connectivity index (χ2v) is 9.88. The Kier molecular flexibility index (Phi) is 7.04. The quantitative estimate of drug-likeness (QED) is 0.379. The molecule has 10 heteroatoms. The first-order chi connectivity index (χ1) is 15.9. The van der Waals surface area contributed by atoms with Gasteiger partial charge in [-0.05, 0) is 55.9 Å². The van der Waals surface area contributed by atoms with E-state index in [9.17, 15) is 9.59 Å². The fourth-order valence-corrected chi connectivity index (χ4v) is 5.75. The summed E-state index contributed by atoms with van der Waals surface area (Å²) >= 11 is 2.75. The SMILES string of the molecule is COC(=O)c1c(NC(=O)CSc2nnc(COc3cccc(C)c3C)n2C)sc2c1CCC2. The fourth-order valence-electron chi connectivity index (χ4n) is 3.72. The molecule has 174 valence electrons. The summed E-state index contributed by atoms with van der Waals surface area (Å²) in [6.07, 6.45) is 2.80. The molecule has 0 radical (unpaired) electrons. The highest BCUT2D eigenvalue weighted by Crippen LogP contribution is 2.39. The normalized spacial score (nSPS) is 12.5. The van der Waals surface area contributed by atoms with Crippen LogP contribution in [0.3, 0.4) is 0 Å². The second kappa shape index (κ2) is 9.96. The number of fused-ring (bicyclic) bond motifs is 1. The number of hydrogen-bond donors (Lipinski definition) is 1. The monoisotopic (exact) mass is 486 g/mol. The lowest BCUT2D eigenvalue weighted by Gasteiger charge is -2.10. The molecule has 1 aliphatic carbocycles. The van der Waals surface area contributed by atoms with Gasteiger partial charge in [0.15, 0.2) is 11.0 Å². The number of anilines is 1. The van der Waals surface area contributed by atoms with Crippen LogP contribution in [0, 0.1) is 13.8 Å². The lowest BCUT2D eigenvalue weighted by molar-refractivity contribution is -0.113. The maximum Gasteiger partial charge on any atom is 0.341 e. The van der Waals surface area contributed by atoms with Gasteiger partial charge in [-0.2, -0.15) is 0 Å². The van der Waals surface area contributed by atoms with E-state index in [0.717, 1.165) is 41.0 Å². The lowest BCUT2D eigenvalue weighted by Crippen LogP contribution is -2.16. The molecule has 0 atom stereocenters. The van der Waals surface area contributed by atoms with Crippen molar-refractivity contribution in [2.24, 2.45) is 7.05 Å². The molecule has 4 rings (SSSR count). The first kappa shape index (κ1) is 23.3. The summed E-state index contributed by atoms with van der Waals surface area (Å²) in [6, 6.07) is 5.94. The van der Waals surface area contributed by atoms with Gasteiger partial charge in [0.05, 0.1) is 18.4 Å². The summed E-state index contributed by atoms with van der Waals surface area (Å²) in [7, 11) is 3.21. The van der Waals surface area contributed by atoms with E-state index in [1.54, 1.807) is 0 Å². The molecule has 3 aromatic rings. The van der Waals surface area contributed by atoms with Crippen LogP contribution in [0.25, 0.3) is 0 Å². The molecule has 0 aliphatic heterocycles. The van der Waals surface area contributed by atoms with Crippen molar-refractivity contribution in [2.75, 3.05) is 18.2 Å². The lowest BCUT2D eigenvalue weighted by atomic mass is 10.1. The zero-order chi connectivity index (χ0) is 23.5.